The number of amides is 1. The summed E-state index contributed by atoms with van der Waals surface area (Å²) >= 11 is 4.78. The standard InChI is InChI=1S/C10H18N2O3S2/c1-7(9(11)16)6-12-10(13)8-4-2-3-5-17(8,14)15/h7-8H,2-6H2,1H3,(H2,11,16)(H,12,13). The molecule has 0 spiro atoms. The first-order valence-corrected chi connectivity index (χ1v) is 7.75. The van der Waals surface area contributed by atoms with Crippen LogP contribution in [0.25, 0.3) is 0 Å². The van der Waals surface area contributed by atoms with Crippen molar-refractivity contribution in [1.82, 2.24) is 5.32 Å². The van der Waals surface area contributed by atoms with E-state index in [-0.39, 0.29) is 11.7 Å². The van der Waals surface area contributed by atoms with Gasteiger partial charge in [-0.15, -0.1) is 0 Å². The fraction of sp³-hybridized carbons (Fsp3) is 0.800. The summed E-state index contributed by atoms with van der Waals surface area (Å²) in [5, 5.41) is 1.71. The van der Waals surface area contributed by atoms with Crippen LogP contribution in [0, 0.1) is 5.92 Å². The average Bonchev–Trinajstić information content (AvgIpc) is 2.24. The quantitative estimate of drug-likeness (QED) is 0.706. The predicted molar refractivity (Wildman–Crippen MR) is 70.4 cm³/mol. The molecule has 0 aromatic rings. The molecule has 0 aliphatic carbocycles. The fourth-order valence-electron chi connectivity index (χ4n) is 1.72. The molecule has 1 aliphatic rings. The summed E-state index contributed by atoms with van der Waals surface area (Å²) in [5.74, 6) is -0.441. The van der Waals surface area contributed by atoms with Crippen LogP contribution in [0.4, 0.5) is 0 Å². The molecule has 98 valence electrons. The Bertz CT molecular complexity index is 406. The molecule has 17 heavy (non-hydrogen) atoms. The highest BCUT2D eigenvalue weighted by Crippen LogP contribution is 2.19. The summed E-state index contributed by atoms with van der Waals surface area (Å²) in [6, 6.07) is 0. The van der Waals surface area contributed by atoms with Gasteiger partial charge >= 0.3 is 0 Å². The van der Waals surface area contributed by atoms with Crippen LogP contribution in [0.5, 0.6) is 0 Å². The van der Waals surface area contributed by atoms with Gasteiger partial charge in [0, 0.05) is 12.5 Å². The molecule has 0 bridgehead atoms. The number of hydrogen-bond acceptors (Lipinski definition) is 4. The molecule has 0 aromatic carbocycles. The van der Waals surface area contributed by atoms with Gasteiger partial charge in [0.25, 0.3) is 0 Å². The van der Waals surface area contributed by atoms with Gasteiger partial charge in [-0.2, -0.15) is 0 Å². The van der Waals surface area contributed by atoms with Crippen molar-refractivity contribution < 1.29 is 13.2 Å². The molecule has 5 nitrogen and oxygen atoms in total. The molecule has 1 amide bonds. The Morgan fingerprint density at radius 3 is 2.71 bits per heavy atom. The fourth-order valence-corrected chi connectivity index (χ4v) is 3.63. The summed E-state index contributed by atoms with van der Waals surface area (Å²) in [5.41, 5.74) is 5.42. The Kier molecular flexibility index (Phi) is 4.88. The molecule has 0 radical (unpaired) electrons. The third kappa shape index (κ3) is 3.92. The average molecular weight is 278 g/mol. The van der Waals surface area contributed by atoms with Crippen molar-refractivity contribution in [3.63, 3.8) is 0 Å². The van der Waals surface area contributed by atoms with Crippen molar-refractivity contribution in [2.45, 2.75) is 31.4 Å². The first kappa shape index (κ1) is 14.4. The van der Waals surface area contributed by atoms with E-state index in [4.69, 9.17) is 18.0 Å². The lowest BCUT2D eigenvalue weighted by Crippen LogP contribution is -2.45. The molecule has 1 heterocycles. The zero-order chi connectivity index (χ0) is 13.1. The van der Waals surface area contributed by atoms with E-state index in [1.54, 1.807) is 6.92 Å². The highest BCUT2D eigenvalue weighted by Gasteiger charge is 2.34. The maximum atomic E-state index is 11.8. The molecular formula is C10H18N2O3S2. The van der Waals surface area contributed by atoms with Crippen LogP contribution < -0.4 is 11.1 Å². The van der Waals surface area contributed by atoms with Gasteiger partial charge in [-0.3, -0.25) is 4.79 Å². The van der Waals surface area contributed by atoms with Crippen LogP contribution in [0.1, 0.15) is 26.2 Å². The molecule has 1 rings (SSSR count). The lowest BCUT2D eigenvalue weighted by atomic mass is 10.1. The van der Waals surface area contributed by atoms with Gasteiger partial charge in [-0.05, 0) is 12.8 Å². The van der Waals surface area contributed by atoms with E-state index in [1.165, 1.54) is 0 Å². The normalized spacial score (nSPS) is 24.9. The van der Waals surface area contributed by atoms with Crippen molar-refractivity contribution in [2.24, 2.45) is 11.7 Å². The van der Waals surface area contributed by atoms with Crippen LogP contribution >= 0.6 is 12.2 Å². The van der Waals surface area contributed by atoms with Crippen molar-refractivity contribution in [3.8, 4) is 0 Å². The minimum atomic E-state index is -3.27. The van der Waals surface area contributed by atoms with Gasteiger partial charge in [0.05, 0.1) is 10.7 Å². The molecule has 1 fully saturated rings. The number of carbonyl (C=O) groups excluding carboxylic acids is 1. The van der Waals surface area contributed by atoms with Crippen LogP contribution in [-0.2, 0) is 14.6 Å². The van der Waals surface area contributed by atoms with Gasteiger partial charge in [0.1, 0.15) is 5.25 Å². The largest absolute Gasteiger partial charge is 0.393 e. The zero-order valence-corrected chi connectivity index (χ0v) is 11.4. The van der Waals surface area contributed by atoms with Crippen LogP contribution in [-0.4, -0.2) is 36.9 Å². The number of nitrogens with one attached hydrogen (secondary N) is 1. The van der Waals surface area contributed by atoms with Gasteiger partial charge in [0.2, 0.25) is 5.91 Å². The van der Waals surface area contributed by atoms with E-state index < -0.39 is 21.0 Å². The first-order chi connectivity index (χ1) is 7.84. The molecule has 2 atom stereocenters. The Hall–Kier alpha value is -0.690. The number of hydrogen-bond donors (Lipinski definition) is 2. The second kappa shape index (κ2) is 5.77. The maximum Gasteiger partial charge on any atom is 0.238 e. The van der Waals surface area contributed by atoms with Gasteiger partial charge in [-0.25, -0.2) is 8.42 Å². The van der Waals surface area contributed by atoms with Gasteiger partial charge in [-0.1, -0.05) is 25.6 Å². The van der Waals surface area contributed by atoms with Crippen LogP contribution in [0.2, 0.25) is 0 Å². The summed E-state index contributed by atoms with van der Waals surface area (Å²) < 4.78 is 23.4. The van der Waals surface area contributed by atoms with E-state index in [2.05, 4.69) is 5.32 Å². The maximum absolute atomic E-state index is 11.8. The van der Waals surface area contributed by atoms with Crippen molar-refractivity contribution >= 4 is 33.0 Å². The molecule has 3 N–H and O–H groups in total. The molecule has 7 heteroatoms. The predicted octanol–water partition coefficient (Wildman–Crippen LogP) is -0.00790. The summed E-state index contributed by atoms with van der Waals surface area (Å²) in [6.45, 7) is 2.08. The SMILES string of the molecule is CC(CNC(=O)C1CCCCS1(=O)=O)C(N)=S. The Morgan fingerprint density at radius 1 is 1.53 bits per heavy atom. The Morgan fingerprint density at radius 2 is 2.18 bits per heavy atom. The van der Waals surface area contributed by atoms with Crippen LogP contribution in [0.3, 0.4) is 0 Å². The monoisotopic (exact) mass is 278 g/mol. The second-order valence-electron chi connectivity index (χ2n) is 4.40. The minimum Gasteiger partial charge on any atom is -0.393 e. The summed E-state index contributed by atoms with van der Waals surface area (Å²) in [7, 11) is -3.27. The third-order valence-corrected chi connectivity index (χ3v) is 5.52. The summed E-state index contributed by atoms with van der Waals surface area (Å²) in [6.07, 6.45) is 1.84. The van der Waals surface area contributed by atoms with Gasteiger partial charge in [0.15, 0.2) is 9.84 Å². The smallest absolute Gasteiger partial charge is 0.238 e. The second-order valence-corrected chi connectivity index (χ2v) is 7.17. The highest BCUT2D eigenvalue weighted by molar-refractivity contribution is 7.92. The topological polar surface area (TPSA) is 89.3 Å². The highest BCUT2D eigenvalue weighted by atomic mass is 32.2. The zero-order valence-electron chi connectivity index (χ0n) is 9.81. The number of thiocarbonyl (C=S) groups is 1. The molecule has 1 saturated heterocycles. The molecule has 0 aromatic heterocycles. The number of nitrogens with two attached hydrogens (primary N) is 1. The van der Waals surface area contributed by atoms with Crippen molar-refractivity contribution in [2.75, 3.05) is 12.3 Å². The van der Waals surface area contributed by atoms with Crippen molar-refractivity contribution in [1.29, 1.82) is 0 Å². The van der Waals surface area contributed by atoms with E-state index in [1.807, 2.05) is 0 Å². The van der Waals surface area contributed by atoms with E-state index >= 15 is 0 Å². The molecule has 2 unspecified atom stereocenters. The lowest BCUT2D eigenvalue weighted by molar-refractivity contribution is -0.120. The van der Waals surface area contributed by atoms with E-state index in [0.717, 1.165) is 6.42 Å². The van der Waals surface area contributed by atoms with E-state index in [9.17, 15) is 13.2 Å². The minimum absolute atomic E-state index is 0.107. The lowest BCUT2D eigenvalue weighted by Gasteiger charge is -2.22. The number of carbonyl (C=O) groups is 1. The van der Waals surface area contributed by atoms with Gasteiger partial charge < -0.3 is 11.1 Å². The van der Waals surface area contributed by atoms with Crippen LogP contribution in [0.15, 0.2) is 0 Å². The van der Waals surface area contributed by atoms with E-state index in [0.29, 0.717) is 24.4 Å². The molecule has 0 saturated carbocycles. The summed E-state index contributed by atoms with van der Waals surface area (Å²) in [4.78, 5) is 12.1. The number of rotatable bonds is 4. The molecular weight excluding hydrogens is 260 g/mol. The number of sulfone groups is 1. The molecule has 1 aliphatic heterocycles. The Labute approximate surface area is 107 Å². The third-order valence-electron chi connectivity index (χ3n) is 2.94. The first-order valence-electron chi connectivity index (χ1n) is 5.63. The Balaban J connectivity index is 2.55. The van der Waals surface area contributed by atoms with Crippen molar-refractivity contribution in [3.05, 3.63) is 0 Å².